The van der Waals surface area contributed by atoms with Crippen molar-refractivity contribution in [1.82, 2.24) is 14.6 Å². The van der Waals surface area contributed by atoms with Gasteiger partial charge in [0, 0.05) is 23.5 Å². The molecule has 8 heteroatoms. The summed E-state index contributed by atoms with van der Waals surface area (Å²) in [6.45, 7) is 0. The average Bonchev–Trinajstić information content (AvgIpc) is 2.89. The van der Waals surface area contributed by atoms with Gasteiger partial charge in [0.05, 0.1) is 17.3 Å². The van der Waals surface area contributed by atoms with Gasteiger partial charge in [-0.2, -0.15) is 18.3 Å². The molecule has 5 nitrogen and oxygen atoms in total. The number of amides is 1. The van der Waals surface area contributed by atoms with Crippen LogP contribution in [0.25, 0.3) is 16.6 Å². The standard InChI is InChI=1S/C14H9F3N4O/c15-14(16,17)12-2-1-8(5-19-12)10-4-11-3-9(13(18)22)6-20-21(11)7-10/h1-7H,(H2,18,22). The van der Waals surface area contributed by atoms with Gasteiger partial charge in [0.25, 0.3) is 0 Å². The van der Waals surface area contributed by atoms with Gasteiger partial charge in [-0.3, -0.25) is 9.78 Å². The Bertz CT molecular complexity index is 853. The summed E-state index contributed by atoms with van der Waals surface area (Å²) in [5.74, 6) is -0.603. The number of aromatic nitrogens is 3. The molecular weight excluding hydrogens is 297 g/mol. The SMILES string of the molecule is NC(=O)c1cnn2cc(-c3ccc(C(F)(F)F)nc3)cc2c1. The van der Waals surface area contributed by atoms with E-state index >= 15 is 0 Å². The molecule has 0 radical (unpaired) electrons. The van der Waals surface area contributed by atoms with Gasteiger partial charge in [0.15, 0.2) is 0 Å². The first-order valence-electron chi connectivity index (χ1n) is 6.16. The van der Waals surface area contributed by atoms with E-state index < -0.39 is 17.8 Å². The predicted octanol–water partition coefficient (Wildman–Crippen LogP) is 2.51. The van der Waals surface area contributed by atoms with Crippen LogP contribution in [-0.2, 0) is 6.18 Å². The van der Waals surface area contributed by atoms with E-state index in [0.717, 1.165) is 12.3 Å². The van der Waals surface area contributed by atoms with Crippen molar-refractivity contribution in [2.45, 2.75) is 6.18 Å². The largest absolute Gasteiger partial charge is 0.433 e. The van der Waals surface area contributed by atoms with Crippen LogP contribution in [0, 0.1) is 0 Å². The zero-order chi connectivity index (χ0) is 15.9. The highest BCUT2D eigenvalue weighted by Gasteiger charge is 2.32. The smallest absolute Gasteiger partial charge is 0.366 e. The monoisotopic (exact) mass is 306 g/mol. The molecular formula is C14H9F3N4O. The Morgan fingerprint density at radius 1 is 1.14 bits per heavy atom. The number of nitrogens with two attached hydrogens (primary N) is 1. The minimum atomic E-state index is -4.47. The maximum absolute atomic E-state index is 12.5. The maximum atomic E-state index is 12.5. The Kier molecular flexibility index (Phi) is 3.09. The number of alkyl halides is 3. The van der Waals surface area contributed by atoms with Gasteiger partial charge in [-0.25, -0.2) is 4.52 Å². The summed E-state index contributed by atoms with van der Waals surface area (Å²) >= 11 is 0. The molecule has 112 valence electrons. The molecule has 1 amide bonds. The Hall–Kier alpha value is -2.90. The van der Waals surface area contributed by atoms with Crippen molar-refractivity contribution >= 4 is 11.4 Å². The number of fused-ring (bicyclic) bond motifs is 1. The fourth-order valence-corrected chi connectivity index (χ4v) is 2.02. The Balaban J connectivity index is 2.01. The van der Waals surface area contributed by atoms with Crippen molar-refractivity contribution in [3.05, 3.63) is 54.1 Å². The highest BCUT2D eigenvalue weighted by Crippen LogP contribution is 2.29. The van der Waals surface area contributed by atoms with Crippen molar-refractivity contribution < 1.29 is 18.0 Å². The molecule has 0 atom stereocenters. The van der Waals surface area contributed by atoms with Gasteiger partial charge < -0.3 is 5.73 Å². The van der Waals surface area contributed by atoms with E-state index in [2.05, 4.69) is 10.1 Å². The Morgan fingerprint density at radius 2 is 1.91 bits per heavy atom. The molecule has 22 heavy (non-hydrogen) atoms. The van der Waals surface area contributed by atoms with Crippen molar-refractivity contribution in [2.75, 3.05) is 0 Å². The summed E-state index contributed by atoms with van der Waals surface area (Å²) in [5.41, 5.74) is 6.23. The van der Waals surface area contributed by atoms with Gasteiger partial charge in [0.2, 0.25) is 5.91 Å². The van der Waals surface area contributed by atoms with E-state index in [-0.39, 0.29) is 5.56 Å². The van der Waals surface area contributed by atoms with E-state index in [0.29, 0.717) is 16.6 Å². The normalized spacial score (nSPS) is 11.8. The summed E-state index contributed by atoms with van der Waals surface area (Å²) in [6, 6.07) is 5.49. The predicted molar refractivity (Wildman–Crippen MR) is 71.9 cm³/mol. The van der Waals surface area contributed by atoms with Crippen LogP contribution in [0.4, 0.5) is 13.2 Å². The highest BCUT2D eigenvalue weighted by molar-refractivity contribution is 5.93. The van der Waals surface area contributed by atoms with Gasteiger partial charge in [-0.05, 0) is 18.2 Å². The molecule has 0 fully saturated rings. The number of carbonyl (C=O) groups excluding carboxylic acids is 1. The molecule has 0 aromatic carbocycles. The molecule has 0 unspecified atom stereocenters. The molecule has 3 aromatic rings. The number of hydrogen-bond donors (Lipinski definition) is 1. The van der Waals surface area contributed by atoms with Crippen LogP contribution in [0.5, 0.6) is 0 Å². The summed E-state index contributed by atoms with van der Waals surface area (Å²) in [7, 11) is 0. The third kappa shape index (κ3) is 2.50. The molecule has 0 aliphatic heterocycles. The Labute approximate surface area is 122 Å². The minimum Gasteiger partial charge on any atom is -0.366 e. The van der Waals surface area contributed by atoms with Crippen LogP contribution < -0.4 is 5.73 Å². The van der Waals surface area contributed by atoms with Gasteiger partial charge in [-0.1, -0.05) is 6.07 Å². The van der Waals surface area contributed by atoms with E-state index in [1.165, 1.54) is 16.8 Å². The fourth-order valence-electron chi connectivity index (χ4n) is 2.02. The van der Waals surface area contributed by atoms with Crippen molar-refractivity contribution in [2.24, 2.45) is 5.73 Å². The van der Waals surface area contributed by atoms with Crippen LogP contribution in [-0.4, -0.2) is 20.5 Å². The molecule has 0 aliphatic carbocycles. The van der Waals surface area contributed by atoms with Gasteiger partial charge in [-0.15, -0.1) is 0 Å². The van der Waals surface area contributed by atoms with Crippen LogP contribution in [0.1, 0.15) is 16.1 Å². The Morgan fingerprint density at radius 3 is 2.50 bits per heavy atom. The number of rotatable bonds is 2. The van der Waals surface area contributed by atoms with E-state index in [9.17, 15) is 18.0 Å². The molecule has 3 heterocycles. The van der Waals surface area contributed by atoms with Crippen LogP contribution in [0.3, 0.4) is 0 Å². The number of primary amides is 1. The molecule has 0 bridgehead atoms. The van der Waals surface area contributed by atoms with Crippen molar-refractivity contribution in [3.8, 4) is 11.1 Å². The summed E-state index contributed by atoms with van der Waals surface area (Å²) in [4.78, 5) is 14.5. The highest BCUT2D eigenvalue weighted by atomic mass is 19.4. The van der Waals surface area contributed by atoms with Gasteiger partial charge in [0.1, 0.15) is 5.69 Å². The molecule has 0 spiro atoms. The second kappa shape index (κ2) is 4.83. The number of nitrogens with zero attached hydrogens (tertiary/aromatic N) is 3. The van der Waals surface area contributed by atoms with E-state index in [1.807, 2.05) is 0 Å². The van der Waals surface area contributed by atoms with Crippen molar-refractivity contribution in [1.29, 1.82) is 0 Å². The molecule has 2 N–H and O–H groups in total. The minimum absolute atomic E-state index is 0.252. The van der Waals surface area contributed by atoms with Gasteiger partial charge >= 0.3 is 6.18 Å². The second-order valence-electron chi connectivity index (χ2n) is 4.64. The quantitative estimate of drug-likeness (QED) is 0.790. The summed E-state index contributed by atoms with van der Waals surface area (Å²) in [6.07, 6.45) is -0.372. The molecule has 0 saturated heterocycles. The zero-order valence-electron chi connectivity index (χ0n) is 11.0. The van der Waals surface area contributed by atoms with Crippen LogP contribution in [0.2, 0.25) is 0 Å². The second-order valence-corrected chi connectivity index (χ2v) is 4.64. The van der Waals surface area contributed by atoms with Crippen molar-refractivity contribution in [3.63, 3.8) is 0 Å². The number of halogens is 3. The third-order valence-electron chi connectivity index (χ3n) is 3.13. The third-order valence-corrected chi connectivity index (χ3v) is 3.13. The molecule has 0 saturated carbocycles. The summed E-state index contributed by atoms with van der Waals surface area (Å²) < 4.78 is 39.0. The lowest BCUT2D eigenvalue weighted by Crippen LogP contribution is -2.11. The number of hydrogen-bond acceptors (Lipinski definition) is 3. The topological polar surface area (TPSA) is 73.3 Å². The molecule has 3 rings (SSSR count). The lowest BCUT2D eigenvalue weighted by molar-refractivity contribution is -0.141. The number of carbonyl (C=O) groups is 1. The maximum Gasteiger partial charge on any atom is 0.433 e. The number of pyridine rings is 1. The molecule has 0 aliphatic rings. The fraction of sp³-hybridized carbons (Fsp3) is 0.0714. The molecule has 3 aromatic heterocycles. The lowest BCUT2D eigenvalue weighted by atomic mass is 10.1. The first-order valence-corrected chi connectivity index (χ1v) is 6.16. The van der Waals surface area contributed by atoms with E-state index in [4.69, 9.17) is 5.73 Å². The average molecular weight is 306 g/mol. The summed E-state index contributed by atoms with van der Waals surface area (Å²) in [5, 5.41) is 4.02. The first kappa shape index (κ1) is 14.1. The zero-order valence-corrected chi connectivity index (χ0v) is 11.0. The lowest BCUT2D eigenvalue weighted by Gasteiger charge is -2.05. The van der Waals surface area contributed by atoms with E-state index in [1.54, 1.807) is 18.3 Å². The van der Waals surface area contributed by atoms with Crippen LogP contribution >= 0.6 is 0 Å². The van der Waals surface area contributed by atoms with Crippen LogP contribution in [0.15, 0.2) is 42.9 Å². The first-order chi connectivity index (χ1) is 10.3.